The Morgan fingerprint density at radius 3 is 2.53 bits per heavy atom. The lowest BCUT2D eigenvalue weighted by Gasteiger charge is -2.11. The number of methoxy groups -OCH3 is 1. The third-order valence-electron chi connectivity index (χ3n) is 2.96. The highest BCUT2D eigenvalue weighted by molar-refractivity contribution is 5.97. The van der Waals surface area contributed by atoms with Gasteiger partial charge in [-0.05, 0) is 24.1 Å². The topological polar surface area (TPSA) is 38.3 Å². The first-order valence-electron chi connectivity index (χ1n) is 6.18. The second-order valence-corrected chi connectivity index (χ2v) is 4.32. The molecule has 0 aromatic heterocycles. The van der Waals surface area contributed by atoms with Gasteiger partial charge in [0.1, 0.15) is 5.75 Å². The number of rotatable bonds is 4. The van der Waals surface area contributed by atoms with Crippen molar-refractivity contribution in [3.8, 4) is 5.75 Å². The predicted octanol–water partition coefficient (Wildman–Crippen LogP) is 2.93. The molecule has 0 aliphatic rings. The molecular weight excluding hydrogens is 238 g/mol. The van der Waals surface area contributed by atoms with Crippen LogP contribution in [0.25, 0.3) is 0 Å². The summed E-state index contributed by atoms with van der Waals surface area (Å²) in [7, 11) is 1.58. The van der Waals surface area contributed by atoms with Gasteiger partial charge in [0.25, 0.3) is 5.91 Å². The summed E-state index contributed by atoms with van der Waals surface area (Å²) >= 11 is 0. The first kappa shape index (κ1) is 13.1. The normalized spacial score (nSPS) is 10.0. The Morgan fingerprint density at radius 2 is 1.84 bits per heavy atom. The predicted molar refractivity (Wildman–Crippen MR) is 75.3 cm³/mol. The summed E-state index contributed by atoms with van der Waals surface area (Å²) in [6.07, 6.45) is 0. The highest BCUT2D eigenvalue weighted by Crippen LogP contribution is 2.22. The molecular formula is C16H17NO2. The van der Waals surface area contributed by atoms with Crippen LogP contribution in [0.3, 0.4) is 0 Å². The van der Waals surface area contributed by atoms with Crippen LogP contribution in [0.2, 0.25) is 0 Å². The Kier molecular flexibility index (Phi) is 4.18. The summed E-state index contributed by atoms with van der Waals surface area (Å²) < 4.78 is 5.29. The minimum absolute atomic E-state index is 0.121. The molecule has 98 valence electrons. The maximum atomic E-state index is 12.2. The molecule has 2 rings (SSSR count). The lowest BCUT2D eigenvalue weighted by atomic mass is 10.1. The number of para-hydroxylation sites is 1. The lowest BCUT2D eigenvalue weighted by molar-refractivity contribution is 0.0947. The molecule has 2 aromatic rings. The Morgan fingerprint density at radius 1 is 1.11 bits per heavy atom. The van der Waals surface area contributed by atoms with E-state index in [4.69, 9.17) is 4.74 Å². The third-order valence-corrected chi connectivity index (χ3v) is 2.96. The molecule has 0 bridgehead atoms. The molecule has 0 unspecified atom stereocenters. The van der Waals surface area contributed by atoms with Crippen molar-refractivity contribution in [2.45, 2.75) is 13.5 Å². The van der Waals surface area contributed by atoms with Crippen molar-refractivity contribution in [2.24, 2.45) is 0 Å². The smallest absolute Gasteiger partial charge is 0.255 e. The molecule has 0 saturated heterocycles. The minimum Gasteiger partial charge on any atom is -0.496 e. The first-order valence-corrected chi connectivity index (χ1v) is 6.18. The Bertz CT molecular complexity index is 564. The molecule has 3 nitrogen and oxygen atoms in total. The van der Waals surface area contributed by atoms with Gasteiger partial charge in [0.15, 0.2) is 0 Å². The number of benzene rings is 2. The monoisotopic (exact) mass is 255 g/mol. The number of hydrogen-bond donors (Lipinski definition) is 1. The van der Waals surface area contributed by atoms with Gasteiger partial charge in [-0.1, -0.05) is 42.5 Å². The van der Waals surface area contributed by atoms with Gasteiger partial charge in [0, 0.05) is 6.54 Å². The van der Waals surface area contributed by atoms with Crippen LogP contribution in [0, 0.1) is 6.92 Å². The van der Waals surface area contributed by atoms with E-state index in [2.05, 4.69) is 5.32 Å². The highest BCUT2D eigenvalue weighted by Gasteiger charge is 2.13. The van der Waals surface area contributed by atoms with Crippen LogP contribution < -0.4 is 10.1 Å². The van der Waals surface area contributed by atoms with Gasteiger partial charge in [0.2, 0.25) is 0 Å². The van der Waals surface area contributed by atoms with Crippen LogP contribution >= 0.6 is 0 Å². The van der Waals surface area contributed by atoms with Crippen molar-refractivity contribution in [3.05, 3.63) is 65.2 Å². The number of ether oxygens (including phenoxy) is 1. The van der Waals surface area contributed by atoms with E-state index in [1.54, 1.807) is 13.2 Å². The highest BCUT2D eigenvalue weighted by atomic mass is 16.5. The van der Waals surface area contributed by atoms with Crippen molar-refractivity contribution < 1.29 is 9.53 Å². The molecule has 0 spiro atoms. The molecule has 19 heavy (non-hydrogen) atoms. The van der Waals surface area contributed by atoms with E-state index in [1.165, 1.54) is 0 Å². The molecule has 0 atom stereocenters. The molecule has 2 aromatic carbocycles. The molecule has 0 aliphatic heterocycles. The van der Waals surface area contributed by atoms with Crippen molar-refractivity contribution in [2.75, 3.05) is 7.11 Å². The molecule has 0 fully saturated rings. The van der Waals surface area contributed by atoms with E-state index in [-0.39, 0.29) is 5.91 Å². The summed E-state index contributed by atoms with van der Waals surface area (Å²) in [4.78, 5) is 12.2. The molecule has 1 amide bonds. The fourth-order valence-electron chi connectivity index (χ4n) is 1.98. The zero-order valence-corrected chi connectivity index (χ0v) is 11.1. The van der Waals surface area contributed by atoms with E-state index >= 15 is 0 Å². The standard InChI is InChI=1S/C16H17NO2/c1-12-7-6-10-14(15(12)19-2)16(18)17-11-13-8-4-3-5-9-13/h3-10H,11H2,1-2H3,(H,17,18). The van der Waals surface area contributed by atoms with E-state index in [1.807, 2.05) is 49.4 Å². The molecule has 1 N–H and O–H groups in total. The van der Waals surface area contributed by atoms with Crippen LogP contribution in [0.5, 0.6) is 5.75 Å². The van der Waals surface area contributed by atoms with E-state index in [0.717, 1.165) is 11.1 Å². The van der Waals surface area contributed by atoms with Gasteiger partial charge < -0.3 is 10.1 Å². The van der Waals surface area contributed by atoms with Crippen LogP contribution in [0.4, 0.5) is 0 Å². The molecule has 0 saturated carbocycles. The number of hydrogen-bond acceptors (Lipinski definition) is 2. The van der Waals surface area contributed by atoms with Crippen molar-refractivity contribution >= 4 is 5.91 Å². The SMILES string of the molecule is COc1c(C)cccc1C(=O)NCc1ccccc1. The van der Waals surface area contributed by atoms with Gasteiger partial charge in [-0.25, -0.2) is 0 Å². The van der Waals surface area contributed by atoms with Crippen LogP contribution in [0.1, 0.15) is 21.5 Å². The quantitative estimate of drug-likeness (QED) is 0.912. The van der Waals surface area contributed by atoms with E-state index < -0.39 is 0 Å². The second kappa shape index (κ2) is 6.05. The summed E-state index contributed by atoms with van der Waals surface area (Å²) in [6, 6.07) is 15.4. The maximum Gasteiger partial charge on any atom is 0.255 e. The van der Waals surface area contributed by atoms with Gasteiger partial charge in [-0.3, -0.25) is 4.79 Å². The average molecular weight is 255 g/mol. The summed E-state index contributed by atoms with van der Waals surface area (Å²) in [5.41, 5.74) is 2.59. The number of aryl methyl sites for hydroxylation is 1. The fourth-order valence-corrected chi connectivity index (χ4v) is 1.98. The number of amides is 1. The van der Waals surface area contributed by atoms with Crippen LogP contribution in [-0.2, 0) is 6.54 Å². The van der Waals surface area contributed by atoms with Crippen molar-refractivity contribution in [3.63, 3.8) is 0 Å². The maximum absolute atomic E-state index is 12.2. The van der Waals surface area contributed by atoms with Gasteiger partial charge in [-0.15, -0.1) is 0 Å². The van der Waals surface area contributed by atoms with Crippen LogP contribution in [0.15, 0.2) is 48.5 Å². The largest absolute Gasteiger partial charge is 0.496 e. The Hall–Kier alpha value is -2.29. The summed E-state index contributed by atoms with van der Waals surface area (Å²) in [5, 5.41) is 2.90. The van der Waals surface area contributed by atoms with Crippen molar-refractivity contribution in [1.82, 2.24) is 5.32 Å². The lowest BCUT2D eigenvalue weighted by Crippen LogP contribution is -2.23. The second-order valence-electron chi connectivity index (χ2n) is 4.32. The number of nitrogens with one attached hydrogen (secondary N) is 1. The summed E-state index contributed by atoms with van der Waals surface area (Å²) in [5.74, 6) is 0.512. The first-order chi connectivity index (χ1) is 9.22. The summed E-state index contributed by atoms with van der Waals surface area (Å²) in [6.45, 7) is 2.43. The number of carbonyl (C=O) groups is 1. The van der Waals surface area contributed by atoms with Crippen LogP contribution in [-0.4, -0.2) is 13.0 Å². The zero-order chi connectivity index (χ0) is 13.7. The zero-order valence-electron chi connectivity index (χ0n) is 11.1. The minimum atomic E-state index is -0.121. The molecule has 0 heterocycles. The number of carbonyl (C=O) groups excluding carboxylic acids is 1. The van der Waals surface area contributed by atoms with Crippen molar-refractivity contribution in [1.29, 1.82) is 0 Å². The molecule has 0 aliphatic carbocycles. The van der Waals surface area contributed by atoms with E-state index in [9.17, 15) is 4.79 Å². The average Bonchev–Trinajstić information content (AvgIpc) is 2.45. The van der Waals surface area contributed by atoms with Gasteiger partial charge in [-0.2, -0.15) is 0 Å². The molecule has 0 radical (unpaired) electrons. The fraction of sp³-hybridized carbons (Fsp3) is 0.188. The van der Waals surface area contributed by atoms with Gasteiger partial charge >= 0.3 is 0 Å². The molecule has 3 heteroatoms. The van der Waals surface area contributed by atoms with Gasteiger partial charge in [0.05, 0.1) is 12.7 Å². The Balaban J connectivity index is 2.10. The Labute approximate surface area is 113 Å². The van der Waals surface area contributed by atoms with E-state index in [0.29, 0.717) is 17.9 Å². The third kappa shape index (κ3) is 3.13.